The molecule has 2 rings (SSSR count). The zero-order valence-electron chi connectivity index (χ0n) is 11.7. The highest BCUT2D eigenvalue weighted by atomic mass is 79.9. The van der Waals surface area contributed by atoms with Crippen LogP contribution < -0.4 is 5.32 Å². The molecule has 0 bridgehead atoms. The molecule has 1 aromatic rings. The largest absolute Gasteiger partial charge is 0.314 e. The van der Waals surface area contributed by atoms with Crippen LogP contribution in [0.2, 0.25) is 0 Å². The molecular weight excluding hydrogens is 290 g/mol. The summed E-state index contributed by atoms with van der Waals surface area (Å²) in [6.07, 6.45) is 6.52. The number of aromatic nitrogens is 2. The summed E-state index contributed by atoms with van der Waals surface area (Å²) in [6.45, 7) is 5.35. The van der Waals surface area contributed by atoms with Gasteiger partial charge in [-0.25, -0.2) is 0 Å². The van der Waals surface area contributed by atoms with Crippen molar-refractivity contribution in [2.24, 2.45) is 13.0 Å². The van der Waals surface area contributed by atoms with Gasteiger partial charge in [-0.1, -0.05) is 13.3 Å². The van der Waals surface area contributed by atoms with E-state index in [1.54, 1.807) is 0 Å². The molecule has 1 saturated carbocycles. The Labute approximate surface area is 118 Å². The molecule has 0 aromatic carbocycles. The molecule has 1 aromatic heterocycles. The lowest BCUT2D eigenvalue weighted by Gasteiger charge is -2.29. The number of halogens is 1. The molecule has 1 fully saturated rings. The molecule has 3 nitrogen and oxygen atoms in total. The fourth-order valence-corrected chi connectivity index (χ4v) is 3.62. The van der Waals surface area contributed by atoms with Crippen LogP contribution in [0.25, 0.3) is 0 Å². The number of rotatable bonds is 4. The first-order valence-electron chi connectivity index (χ1n) is 7.03. The van der Waals surface area contributed by atoms with Gasteiger partial charge in [-0.2, -0.15) is 5.10 Å². The Morgan fingerprint density at radius 3 is 2.83 bits per heavy atom. The van der Waals surface area contributed by atoms with Gasteiger partial charge in [0.25, 0.3) is 0 Å². The summed E-state index contributed by atoms with van der Waals surface area (Å²) >= 11 is 3.67. The second-order valence-electron chi connectivity index (χ2n) is 5.46. The van der Waals surface area contributed by atoms with E-state index in [4.69, 9.17) is 0 Å². The average molecular weight is 314 g/mol. The molecule has 1 aliphatic rings. The van der Waals surface area contributed by atoms with Gasteiger partial charge in [0.05, 0.1) is 15.9 Å². The maximum atomic E-state index is 4.49. The molecule has 0 saturated heterocycles. The molecule has 0 spiro atoms. The van der Waals surface area contributed by atoms with Gasteiger partial charge in [0, 0.05) is 13.1 Å². The standard InChI is InChI=1S/C14H24BrN3/c1-4-16-12-7-5-6-11(8-12)9-13-14(15)10(2)17-18(13)3/h11-12,16H,4-9H2,1-3H3. The third-order valence-corrected chi connectivity index (χ3v) is 5.05. The summed E-state index contributed by atoms with van der Waals surface area (Å²) in [5, 5.41) is 8.09. The van der Waals surface area contributed by atoms with Crippen LogP contribution in [0, 0.1) is 12.8 Å². The van der Waals surface area contributed by atoms with E-state index in [0.29, 0.717) is 0 Å². The predicted molar refractivity (Wildman–Crippen MR) is 78.8 cm³/mol. The molecule has 2 unspecified atom stereocenters. The third-order valence-electron chi connectivity index (χ3n) is 4.02. The van der Waals surface area contributed by atoms with Crippen molar-refractivity contribution < 1.29 is 0 Å². The SMILES string of the molecule is CCNC1CCCC(Cc2c(Br)c(C)nn2C)C1. The summed E-state index contributed by atoms with van der Waals surface area (Å²) in [6, 6.07) is 0.724. The molecule has 1 N–H and O–H groups in total. The maximum absolute atomic E-state index is 4.49. The number of nitrogens with one attached hydrogen (secondary N) is 1. The van der Waals surface area contributed by atoms with E-state index < -0.39 is 0 Å². The lowest BCUT2D eigenvalue weighted by molar-refractivity contribution is 0.283. The van der Waals surface area contributed by atoms with Crippen molar-refractivity contribution in [2.45, 2.75) is 52.0 Å². The van der Waals surface area contributed by atoms with E-state index in [1.165, 1.54) is 35.8 Å². The summed E-state index contributed by atoms with van der Waals surface area (Å²) < 4.78 is 3.24. The van der Waals surface area contributed by atoms with Gasteiger partial charge in [0.15, 0.2) is 0 Å². The fraction of sp³-hybridized carbons (Fsp3) is 0.786. The highest BCUT2D eigenvalue weighted by Crippen LogP contribution is 2.30. The minimum Gasteiger partial charge on any atom is -0.314 e. The first-order valence-corrected chi connectivity index (χ1v) is 7.82. The smallest absolute Gasteiger partial charge is 0.0738 e. The van der Waals surface area contributed by atoms with Gasteiger partial charge in [0.1, 0.15) is 0 Å². The molecule has 1 heterocycles. The van der Waals surface area contributed by atoms with Crippen molar-refractivity contribution in [1.29, 1.82) is 0 Å². The van der Waals surface area contributed by atoms with Crippen LogP contribution in [0.3, 0.4) is 0 Å². The van der Waals surface area contributed by atoms with Crippen molar-refractivity contribution in [2.75, 3.05) is 6.54 Å². The Hall–Kier alpha value is -0.350. The highest BCUT2D eigenvalue weighted by molar-refractivity contribution is 9.10. The predicted octanol–water partition coefficient (Wildman–Crippen LogP) is 3.20. The van der Waals surface area contributed by atoms with Crippen molar-refractivity contribution in [3.8, 4) is 0 Å². The summed E-state index contributed by atoms with van der Waals surface area (Å²) in [4.78, 5) is 0. The quantitative estimate of drug-likeness (QED) is 0.925. The van der Waals surface area contributed by atoms with Gasteiger partial charge in [0.2, 0.25) is 0 Å². The third kappa shape index (κ3) is 3.15. The van der Waals surface area contributed by atoms with Gasteiger partial charge in [-0.3, -0.25) is 4.68 Å². The van der Waals surface area contributed by atoms with Crippen molar-refractivity contribution in [3.63, 3.8) is 0 Å². The van der Waals surface area contributed by atoms with Gasteiger partial charge in [-0.15, -0.1) is 0 Å². The molecule has 0 amide bonds. The van der Waals surface area contributed by atoms with Gasteiger partial charge in [-0.05, 0) is 61.0 Å². The van der Waals surface area contributed by atoms with Crippen molar-refractivity contribution >= 4 is 15.9 Å². The van der Waals surface area contributed by atoms with Gasteiger partial charge < -0.3 is 5.32 Å². The van der Waals surface area contributed by atoms with Crippen LogP contribution in [0.4, 0.5) is 0 Å². The Bertz CT molecular complexity index is 398. The monoisotopic (exact) mass is 313 g/mol. The van der Waals surface area contributed by atoms with Crippen LogP contribution in [0.1, 0.15) is 44.0 Å². The molecule has 2 atom stereocenters. The first-order chi connectivity index (χ1) is 8.61. The Morgan fingerprint density at radius 2 is 2.22 bits per heavy atom. The second kappa shape index (κ2) is 6.20. The van der Waals surface area contributed by atoms with E-state index in [2.05, 4.69) is 47.2 Å². The molecule has 1 aliphatic carbocycles. The number of hydrogen-bond acceptors (Lipinski definition) is 2. The van der Waals surface area contributed by atoms with Gasteiger partial charge >= 0.3 is 0 Å². The van der Waals surface area contributed by atoms with Crippen LogP contribution in [0.5, 0.6) is 0 Å². The minimum absolute atomic E-state index is 0.724. The zero-order valence-corrected chi connectivity index (χ0v) is 13.3. The number of aryl methyl sites for hydroxylation is 2. The maximum Gasteiger partial charge on any atom is 0.0738 e. The van der Waals surface area contributed by atoms with E-state index >= 15 is 0 Å². The molecule has 4 heteroatoms. The number of hydrogen-bond donors (Lipinski definition) is 1. The zero-order chi connectivity index (χ0) is 13.1. The van der Waals surface area contributed by atoms with Crippen LogP contribution in [-0.2, 0) is 13.5 Å². The fourth-order valence-electron chi connectivity index (χ4n) is 3.13. The topological polar surface area (TPSA) is 29.9 Å². The molecule has 102 valence electrons. The van der Waals surface area contributed by atoms with Crippen LogP contribution >= 0.6 is 15.9 Å². The van der Waals surface area contributed by atoms with Crippen LogP contribution in [0.15, 0.2) is 4.47 Å². The average Bonchev–Trinajstić information content (AvgIpc) is 2.57. The van der Waals surface area contributed by atoms with Crippen molar-refractivity contribution in [1.82, 2.24) is 15.1 Å². The summed E-state index contributed by atoms with van der Waals surface area (Å²) in [7, 11) is 2.05. The van der Waals surface area contributed by atoms with E-state index in [-0.39, 0.29) is 0 Å². The van der Waals surface area contributed by atoms with E-state index in [1.807, 2.05) is 4.68 Å². The molecule has 0 radical (unpaired) electrons. The minimum atomic E-state index is 0.724. The summed E-state index contributed by atoms with van der Waals surface area (Å²) in [5.41, 5.74) is 2.46. The van der Waals surface area contributed by atoms with E-state index in [9.17, 15) is 0 Å². The normalized spacial score (nSPS) is 24.4. The molecule has 0 aliphatic heterocycles. The number of nitrogens with zero attached hydrogens (tertiary/aromatic N) is 2. The first kappa shape index (κ1) is 14.1. The Kier molecular flexibility index (Phi) is 4.84. The molecular formula is C14H24BrN3. The second-order valence-corrected chi connectivity index (χ2v) is 6.25. The van der Waals surface area contributed by atoms with Crippen molar-refractivity contribution in [3.05, 3.63) is 15.9 Å². The molecule has 18 heavy (non-hydrogen) atoms. The lowest BCUT2D eigenvalue weighted by atomic mass is 9.83. The Morgan fingerprint density at radius 1 is 1.44 bits per heavy atom. The summed E-state index contributed by atoms with van der Waals surface area (Å²) in [5.74, 6) is 0.800. The van der Waals surface area contributed by atoms with Crippen LogP contribution in [-0.4, -0.2) is 22.4 Å². The highest BCUT2D eigenvalue weighted by Gasteiger charge is 2.23. The lowest BCUT2D eigenvalue weighted by Crippen LogP contribution is -2.34. The Balaban J connectivity index is 2.00. The van der Waals surface area contributed by atoms with E-state index in [0.717, 1.165) is 30.6 Å².